The predicted octanol–water partition coefficient (Wildman–Crippen LogP) is 0.893. The molecule has 2 fully saturated rings. The summed E-state index contributed by atoms with van der Waals surface area (Å²) in [6, 6.07) is 7.54. The minimum atomic E-state index is 0.0406. The quantitative estimate of drug-likeness (QED) is 0.642. The number of likely N-dealkylation sites (N-methyl/N-ethyl adjacent to an activating group) is 1. The van der Waals surface area contributed by atoms with Gasteiger partial charge >= 0.3 is 0 Å². The van der Waals surface area contributed by atoms with Gasteiger partial charge in [-0.2, -0.15) is 9.97 Å². The number of aromatic nitrogens is 4. The van der Waals surface area contributed by atoms with E-state index in [1.54, 1.807) is 6.20 Å². The SMILES string of the molecule is CN1CCN(C(=O)c2cccc(-c3cnc4nc(N)nc(N5CCOCC5)c4n3)c2)CC1. The van der Waals surface area contributed by atoms with Crippen LogP contribution in [0.5, 0.6) is 0 Å². The number of nitrogens with zero attached hydrogens (tertiary/aromatic N) is 7. The van der Waals surface area contributed by atoms with Crippen LogP contribution in [0.15, 0.2) is 30.5 Å². The summed E-state index contributed by atoms with van der Waals surface area (Å²) in [6.07, 6.45) is 1.66. The van der Waals surface area contributed by atoms with Gasteiger partial charge < -0.3 is 25.2 Å². The molecule has 2 aliphatic heterocycles. The molecule has 10 heteroatoms. The Bertz CT molecular complexity index is 1140. The number of nitrogens with two attached hydrogens (primary N) is 1. The molecule has 0 radical (unpaired) electrons. The zero-order valence-electron chi connectivity index (χ0n) is 18.1. The first-order valence-corrected chi connectivity index (χ1v) is 10.8. The van der Waals surface area contributed by atoms with E-state index >= 15 is 0 Å². The molecule has 1 amide bonds. The maximum atomic E-state index is 13.0. The van der Waals surface area contributed by atoms with Crippen LogP contribution in [0, 0.1) is 0 Å². The first-order chi connectivity index (χ1) is 15.6. The second-order valence-corrected chi connectivity index (χ2v) is 8.11. The second-order valence-electron chi connectivity index (χ2n) is 8.11. The van der Waals surface area contributed by atoms with Crippen molar-refractivity contribution in [3.05, 3.63) is 36.0 Å². The third-order valence-electron chi connectivity index (χ3n) is 5.91. The van der Waals surface area contributed by atoms with E-state index < -0.39 is 0 Å². The standard InChI is InChI=1S/C22H26N8O2/c1-28-5-7-30(8-6-28)21(31)16-4-2-3-15(13-16)17-14-24-19-18(25-17)20(27-22(23)26-19)29-9-11-32-12-10-29/h2-4,13-14H,5-12H2,1H3,(H2,23,24,26,27). The van der Waals surface area contributed by atoms with Crippen molar-refractivity contribution in [1.29, 1.82) is 0 Å². The number of amides is 1. The van der Waals surface area contributed by atoms with Gasteiger partial charge in [0.05, 0.1) is 25.1 Å². The number of hydrogen-bond donors (Lipinski definition) is 1. The van der Waals surface area contributed by atoms with Crippen molar-refractivity contribution in [2.75, 3.05) is 70.2 Å². The van der Waals surface area contributed by atoms with E-state index in [1.165, 1.54) is 0 Å². The maximum Gasteiger partial charge on any atom is 0.253 e. The lowest BCUT2D eigenvalue weighted by atomic mass is 10.1. The van der Waals surface area contributed by atoms with Gasteiger partial charge in [-0.05, 0) is 19.2 Å². The average Bonchev–Trinajstić information content (AvgIpc) is 2.84. The van der Waals surface area contributed by atoms with Gasteiger partial charge in [0, 0.05) is 50.4 Å². The molecular formula is C22H26N8O2. The van der Waals surface area contributed by atoms with E-state index in [0.29, 0.717) is 54.5 Å². The fourth-order valence-electron chi connectivity index (χ4n) is 4.05. The number of ether oxygens (including phenoxy) is 1. The van der Waals surface area contributed by atoms with Crippen molar-refractivity contribution in [3.8, 4) is 11.3 Å². The molecule has 0 aliphatic carbocycles. The number of anilines is 2. The van der Waals surface area contributed by atoms with Crippen LogP contribution in [0.25, 0.3) is 22.4 Å². The second kappa shape index (κ2) is 8.64. The Morgan fingerprint density at radius 3 is 2.59 bits per heavy atom. The molecule has 1 aromatic carbocycles. The molecule has 4 heterocycles. The molecule has 2 N–H and O–H groups in total. The highest BCUT2D eigenvalue weighted by atomic mass is 16.5. The van der Waals surface area contributed by atoms with Gasteiger partial charge in [0.1, 0.15) is 0 Å². The third-order valence-corrected chi connectivity index (χ3v) is 5.91. The Morgan fingerprint density at radius 1 is 1.03 bits per heavy atom. The van der Waals surface area contributed by atoms with Crippen LogP contribution >= 0.6 is 0 Å². The number of rotatable bonds is 3. The van der Waals surface area contributed by atoms with Crippen LogP contribution in [0.1, 0.15) is 10.4 Å². The molecule has 0 spiro atoms. The van der Waals surface area contributed by atoms with Gasteiger partial charge in [-0.15, -0.1) is 0 Å². The third kappa shape index (κ3) is 4.06. The molecule has 2 aliphatic rings. The van der Waals surface area contributed by atoms with Crippen LogP contribution in [0.2, 0.25) is 0 Å². The lowest BCUT2D eigenvalue weighted by Crippen LogP contribution is -2.47. The number of hydrogen-bond acceptors (Lipinski definition) is 9. The Hall–Kier alpha value is -3.37. The van der Waals surface area contributed by atoms with Gasteiger partial charge in [-0.3, -0.25) is 4.79 Å². The summed E-state index contributed by atoms with van der Waals surface area (Å²) in [4.78, 5) is 37.3. The number of nitrogen functional groups attached to an aromatic ring is 1. The molecule has 0 unspecified atom stereocenters. The topological polar surface area (TPSA) is 114 Å². The normalized spacial score (nSPS) is 17.7. The first kappa shape index (κ1) is 20.5. The van der Waals surface area contributed by atoms with E-state index in [0.717, 1.165) is 31.7 Å². The molecule has 10 nitrogen and oxygen atoms in total. The van der Waals surface area contributed by atoms with Crippen molar-refractivity contribution in [2.45, 2.75) is 0 Å². The maximum absolute atomic E-state index is 13.0. The number of fused-ring (bicyclic) bond motifs is 1. The molecule has 0 saturated carbocycles. The van der Waals surface area contributed by atoms with E-state index in [-0.39, 0.29) is 11.9 Å². The summed E-state index contributed by atoms with van der Waals surface area (Å²) in [6.45, 7) is 5.88. The molecular weight excluding hydrogens is 408 g/mol. The fraction of sp³-hybridized carbons (Fsp3) is 0.409. The molecule has 5 rings (SSSR count). The smallest absolute Gasteiger partial charge is 0.253 e. The lowest BCUT2D eigenvalue weighted by Gasteiger charge is -2.32. The van der Waals surface area contributed by atoms with E-state index in [9.17, 15) is 4.79 Å². The minimum absolute atomic E-state index is 0.0406. The van der Waals surface area contributed by atoms with E-state index in [2.05, 4.69) is 31.8 Å². The molecule has 166 valence electrons. The van der Waals surface area contributed by atoms with Crippen LogP contribution < -0.4 is 10.6 Å². The molecule has 2 saturated heterocycles. The van der Waals surface area contributed by atoms with E-state index in [4.69, 9.17) is 15.5 Å². The van der Waals surface area contributed by atoms with Gasteiger partial charge in [0.2, 0.25) is 5.95 Å². The first-order valence-electron chi connectivity index (χ1n) is 10.8. The summed E-state index contributed by atoms with van der Waals surface area (Å²) >= 11 is 0. The minimum Gasteiger partial charge on any atom is -0.378 e. The van der Waals surface area contributed by atoms with Gasteiger partial charge in [-0.25, -0.2) is 9.97 Å². The highest BCUT2D eigenvalue weighted by Gasteiger charge is 2.22. The van der Waals surface area contributed by atoms with Crippen molar-refractivity contribution < 1.29 is 9.53 Å². The molecule has 0 bridgehead atoms. The van der Waals surface area contributed by atoms with Crippen LogP contribution in [0.4, 0.5) is 11.8 Å². The zero-order chi connectivity index (χ0) is 22.1. The van der Waals surface area contributed by atoms with Crippen molar-refractivity contribution >= 4 is 28.8 Å². The summed E-state index contributed by atoms with van der Waals surface area (Å²) < 4.78 is 5.46. The molecule has 3 aromatic rings. The molecule has 32 heavy (non-hydrogen) atoms. The van der Waals surface area contributed by atoms with Crippen LogP contribution in [0.3, 0.4) is 0 Å². The summed E-state index contributed by atoms with van der Waals surface area (Å²) in [5.41, 5.74) is 9.10. The molecule has 0 atom stereocenters. The highest BCUT2D eigenvalue weighted by molar-refractivity contribution is 5.95. The Kier molecular flexibility index (Phi) is 5.54. The summed E-state index contributed by atoms with van der Waals surface area (Å²) in [5.74, 6) is 0.870. The van der Waals surface area contributed by atoms with Gasteiger partial charge in [-0.1, -0.05) is 12.1 Å². The fourth-order valence-corrected chi connectivity index (χ4v) is 4.05. The highest BCUT2D eigenvalue weighted by Crippen LogP contribution is 2.26. The average molecular weight is 435 g/mol. The van der Waals surface area contributed by atoms with Crippen molar-refractivity contribution in [3.63, 3.8) is 0 Å². The number of benzene rings is 1. The molecule has 2 aromatic heterocycles. The monoisotopic (exact) mass is 434 g/mol. The van der Waals surface area contributed by atoms with E-state index in [1.807, 2.05) is 29.2 Å². The largest absolute Gasteiger partial charge is 0.378 e. The number of piperazine rings is 1. The Morgan fingerprint density at radius 2 is 1.81 bits per heavy atom. The van der Waals surface area contributed by atoms with Crippen molar-refractivity contribution in [1.82, 2.24) is 29.7 Å². The Balaban J connectivity index is 1.49. The van der Waals surface area contributed by atoms with Crippen molar-refractivity contribution in [2.24, 2.45) is 0 Å². The van der Waals surface area contributed by atoms with Crippen LogP contribution in [-0.2, 0) is 4.74 Å². The zero-order valence-corrected chi connectivity index (χ0v) is 18.1. The number of carbonyl (C=O) groups is 1. The number of carbonyl (C=O) groups excluding carboxylic acids is 1. The summed E-state index contributed by atoms with van der Waals surface area (Å²) in [7, 11) is 2.07. The predicted molar refractivity (Wildman–Crippen MR) is 121 cm³/mol. The number of morpholine rings is 1. The van der Waals surface area contributed by atoms with Gasteiger partial charge in [0.25, 0.3) is 5.91 Å². The summed E-state index contributed by atoms with van der Waals surface area (Å²) in [5, 5.41) is 0. The Labute approximate surface area is 186 Å². The lowest BCUT2D eigenvalue weighted by molar-refractivity contribution is 0.0664. The van der Waals surface area contributed by atoms with Crippen LogP contribution in [-0.4, -0.2) is 95.2 Å². The van der Waals surface area contributed by atoms with Gasteiger partial charge in [0.15, 0.2) is 17.0 Å².